The second kappa shape index (κ2) is 5.65. The summed E-state index contributed by atoms with van der Waals surface area (Å²) < 4.78 is 28.0. The van der Waals surface area contributed by atoms with Crippen LogP contribution in [0, 0.1) is 11.6 Å². The minimum Gasteiger partial charge on any atom is -0.392 e. The van der Waals surface area contributed by atoms with Gasteiger partial charge < -0.3 is 10.0 Å². The molecule has 1 heterocycles. The minimum absolute atomic E-state index is 0.0570. The van der Waals surface area contributed by atoms with Crippen LogP contribution in [0.25, 0.3) is 0 Å². The molecule has 1 fully saturated rings. The Balaban J connectivity index is 2.36. The van der Waals surface area contributed by atoms with Crippen LogP contribution in [0.5, 0.6) is 0 Å². The van der Waals surface area contributed by atoms with E-state index in [1.165, 1.54) is 12.1 Å². The molecule has 0 radical (unpaired) electrons. The van der Waals surface area contributed by atoms with E-state index >= 15 is 0 Å². The van der Waals surface area contributed by atoms with E-state index in [2.05, 4.69) is 0 Å². The predicted octanol–water partition coefficient (Wildman–Crippen LogP) is 3.23. The average Bonchev–Trinajstić information content (AvgIpc) is 2.54. The van der Waals surface area contributed by atoms with Crippen LogP contribution in [0.4, 0.5) is 14.5 Å². The van der Waals surface area contributed by atoms with Gasteiger partial charge in [-0.1, -0.05) is 12.8 Å². The van der Waals surface area contributed by atoms with Gasteiger partial charge in [-0.2, -0.15) is 0 Å². The predicted molar refractivity (Wildman–Crippen MR) is 67.6 cm³/mol. The van der Waals surface area contributed by atoms with E-state index in [0.29, 0.717) is 6.54 Å². The Bertz CT molecular complexity index is 399. The molecule has 18 heavy (non-hydrogen) atoms. The van der Waals surface area contributed by atoms with Gasteiger partial charge in [0.25, 0.3) is 0 Å². The number of halogens is 2. The molecule has 100 valence electrons. The van der Waals surface area contributed by atoms with Crippen molar-refractivity contribution in [2.24, 2.45) is 0 Å². The van der Waals surface area contributed by atoms with Crippen molar-refractivity contribution in [2.75, 3.05) is 11.4 Å². The zero-order valence-electron chi connectivity index (χ0n) is 10.6. The molecule has 0 saturated carbocycles. The van der Waals surface area contributed by atoms with Crippen molar-refractivity contribution < 1.29 is 13.9 Å². The van der Waals surface area contributed by atoms with E-state index in [0.717, 1.165) is 25.7 Å². The van der Waals surface area contributed by atoms with Gasteiger partial charge in [-0.3, -0.25) is 0 Å². The summed E-state index contributed by atoms with van der Waals surface area (Å²) in [5.41, 5.74) is 0.331. The van der Waals surface area contributed by atoms with Crippen LogP contribution < -0.4 is 4.90 Å². The molecule has 1 aromatic rings. The Morgan fingerprint density at radius 3 is 2.50 bits per heavy atom. The monoisotopic (exact) mass is 255 g/mol. The minimum atomic E-state index is -0.576. The second-order valence-corrected chi connectivity index (χ2v) is 4.96. The summed E-state index contributed by atoms with van der Waals surface area (Å²) in [5, 5.41) is 8.94. The largest absolute Gasteiger partial charge is 0.392 e. The molecule has 1 N–H and O–H groups in total. The van der Waals surface area contributed by atoms with Crippen LogP contribution in [0.1, 0.15) is 38.2 Å². The molecule has 2 rings (SSSR count). The van der Waals surface area contributed by atoms with E-state index in [9.17, 15) is 8.78 Å². The van der Waals surface area contributed by atoms with Gasteiger partial charge in [0.15, 0.2) is 0 Å². The fourth-order valence-electron chi connectivity index (χ4n) is 2.59. The lowest BCUT2D eigenvalue weighted by atomic mass is 10.1. The summed E-state index contributed by atoms with van der Waals surface area (Å²) in [4.78, 5) is 1.82. The molecular formula is C14H19F2NO. The molecular weight excluding hydrogens is 236 g/mol. The van der Waals surface area contributed by atoms with Crippen LogP contribution in [-0.4, -0.2) is 17.7 Å². The summed E-state index contributed by atoms with van der Waals surface area (Å²) >= 11 is 0. The zero-order valence-corrected chi connectivity index (χ0v) is 10.6. The Kier molecular flexibility index (Phi) is 4.17. The Morgan fingerprint density at radius 2 is 1.89 bits per heavy atom. The molecule has 4 heteroatoms. The third-order valence-electron chi connectivity index (χ3n) is 3.60. The van der Waals surface area contributed by atoms with Crippen molar-refractivity contribution in [1.29, 1.82) is 0 Å². The van der Waals surface area contributed by atoms with Crippen molar-refractivity contribution in [3.05, 3.63) is 29.3 Å². The fraction of sp³-hybridized carbons (Fsp3) is 0.571. The zero-order chi connectivity index (χ0) is 13.1. The molecule has 0 aliphatic carbocycles. The van der Waals surface area contributed by atoms with Gasteiger partial charge in [0.2, 0.25) is 0 Å². The number of aliphatic hydroxyl groups is 1. The van der Waals surface area contributed by atoms with Crippen molar-refractivity contribution in [1.82, 2.24) is 0 Å². The normalized spacial score (nSPS) is 20.9. The third-order valence-corrected chi connectivity index (χ3v) is 3.60. The molecule has 1 saturated heterocycles. The molecule has 2 nitrogen and oxygen atoms in total. The summed E-state index contributed by atoms with van der Waals surface area (Å²) in [6.07, 6.45) is 4.14. The van der Waals surface area contributed by atoms with Crippen LogP contribution in [0.15, 0.2) is 12.1 Å². The van der Waals surface area contributed by atoms with Crippen molar-refractivity contribution in [2.45, 2.75) is 45.3 Å². The number of nitrogens with zero attached hydrogens (tertiary/aromatic N) is 1. The summed E-state index contributed by atoms with van der Waals surface area (Å²) in [6.45, 7) is 2.35. The van der Waals surface area contributed by atoms with Crippen LogP contribution >= 0.6 is 0 Å². The maximum absolute atomic E-state index is 14.0. The molecule has 1 atom stereocenters. The first-order valence-electron chi connectivity index (χ1n) is 6.49. The smallest absolute Gasteiger partial charge is 0.149 e. The molecule has 1 aliphatic rings. The second-order valence-electron chi connectivity index (χ2n) is 4.96. The van der Waals surface area contributed by atoms with Gasteiger partial charge in [-0.25, -0.2) is 8.78 Å². The molecule has 0 aromatic heterocycles. The van der Waals surface area contributed by atoms with Gasteiger partial charge >= 0.3 is 0 Å². The van der Waals surface area contributed by atoms with Gasteiger partial charge in [0.1, 0.15) is 17.3 Å². The van der Waals surface area contributed by atoms with E-state index < -0.39 is 11.6 Å². The van der Waals surface area contributed by atoms with E-state index in [1.54, 1.807) is 0 Å². The third kappa shape index (κ3) is 2.64. The number of hydrogen-bond acceptors (Lipinski definition) is 2. The van der Waals surface area contributed by atoms with Crippen molar-refractivity contribution in [3.63, 3.8) is 0 Å². The summed E-state index contributed by atoms with van der Waals surface area (Å²) in [6, 6.07) is 2.59. The standard InChI is InChI=1S/C14H19F2NO/c1-10-5-3-2-4-6-17(10)14-12(15)7-11(9-18)8-13(14)16/h7-8,10,18H,2-6,9H2,1H3. The quantitative estimate of drug-likeness (QED) is 0.877. The Morgan fingerprint density at radius 1 is 1.22 bits per heavy atom. The number of hydrogen-bond donors (Lipinski definition) is 1. The fourth-order valence-corrected chi connectivity index (χ4v) is 2.59. The summed E-state index contributed by atoms with van der Waals surface area (Å²) in [5.74, 6) is -1.15. The maximum atomic E-state index is 14.0. The maximum Gasteiger partial charge on any atom is 0.149 e. The number of rotatable bonds is 2. The van der Waals surface area contributed by atoms with Gasteiger partial charge in [0.05, 0.1) is 6.61 Å². The molecule has 0 spiro atoms. The molecule has 1 aliphatic heterocycles. The molecule has 1 unspecified atom stereocenters. The van der Waals surface area contributed by atoms with E-state index in [4.69, 9.17) is 5.11 Å². The molecule has 0 amide bonds. The Labute approximate surface area is 106 Å². The van der Waals surface area contributed by atoms with E-state index in [-0.39, 0.29) is 23.9 Å². The van der Waals surface area contributed by atoms with E-state index in [1.807, 2.05) is 11.8 Å². The van der Waals surface area contributed by atoms with Crippen LogP contribution in [0.2, 0.25) is 0 Å². The van der Waals surface area contributed by atoms with Crippen LogP contribution in [-0.2, 0) is 6.61 Å². The number of benzene rings is 1. The van der Waals surface area contributed by atoms with Gasteiger partial charge in [-0.05, 0) is 37.5 Å². The average molecular weight is 255 g/mol. The lowest BCUT2D eigenvalue weighted by molar-refractivity contribution is 0.280. The summed E-state index contributed by atoms with van der Waals surface area (Å²) in [7, 11) is 0. The highest BCUT2D eigenvalue weighted by molar-refractivity contribution is 5.51. The van der Waals surface area contributed by atoms with Gasteiger partial charge in [-0.15, -0.1) is 0 Å². The highest BCUT2D eigenvalue weighted by atomic mass is 19.1. The lowest BCUT2D eigenvalue weighted by Gasteiger charge is -2.30. The topological polar surface area (TPSA) is 23.5 Å². The highest BCUT2D eigenvalue weighted by Gasteiger charge is 2.23. The lowest BCUT2D eigenvalue weighted by Crippen LogP contribution is -2.34. The first kappa shape index (κ1) is 13.3. The Hall–Kier alpha value is -1.16. The van der Waals surface area contributed by atoms with Crippen LogP contribution in [0.3, 0.4) is 0 Å². The first-order valence-corrected chi connectivity index (χ1v) is 6.49. The van der Waals surface area contributed by atoms with Gasteiger partial charge in [0, 0.05) is 12.6 Å². The van der Waals surface area contributed by atoms with Crippen molar-refractivity contribution >= 4 is 5.69 Å². The molecule has 0 bridgehead atoms. The highest BCUT2D eigenvalue weighted by Crippen LogP contribution is 2.30. The number of anilines is 1. The van der Waals surface area contributed by atoms with Crippen molar-refractivity contribution in [3.8, 4) is 0 Å². The SMILES string of the molecule is CC1CCCCCN1c1c(F)cc(CO)cc1F. The molecule has 1 aromatic carbocycles. The number of aliphatic hydroxyl groups excluding tert-OH is 1. The first-order chi connectivity index (χ1) is 8.63.